The van der Waals surface area contributed by atoms with E-state index in [4.69, 9.17) is 9.47 Å². The molecular formula is C16H22N2O5. The van der Waals surface area contributed by atoms with Crippen molar-refractivity contribution in [3.63, 3.8) is 0 Å². The predicted molar refractivity (Wildman–Crippen MR) is 82.4 cm³/mol. The topological polar surface area (TPSA) is 89.0 Å². The third-order valence-corrected chi connectivity index (χ3v) is 3.36. The van der Waals surface area contributed by atoms with E-state index in [9.17, 15) is 14.7 Å². The number of hydrogen-bond donors (Lipinski definition) is 1. The quantitative estimate of drug-likeness (QED) is 0.918. The van der Waals surface area contributed by atoms with Crippen molar-refractivity contribution in [2.75, 3.05) is 6.54 Å². The van der Waals surface area contributed by atoms with Crippen molar-refractivity contribution in [2.45, 2.75) is 51.9 Å². The molecule has 0 saturated carbocycles. The Balaban J connectivity index is 2.06. The Morgan fingerprint density at radius 2 is 2.04 bits per heavy atom. The normalized spacial score (nSPS) is 21.1. The maximum Gasteiger partial charge on any atom is 0.411 e. The maximum absolute atomic E-state index is 12.2. The standard InChI is InChI=1S/C16H22N2O5/c1-10-5-6-11(8-17-10)22-12-7-13(14(19)20)18(9-12)15(21)23-16(2,3)4/h5-6,8,12-13H,7,9H2,1-4H3,(H,19,20)/t12-,13+/m1/s1. The van der Waals surface area contributed by atoms with Crippen LogP contribution in [-0.4, -0.2) is 51.3 Å². The van der Waals surface area contributed by atoms with Crippen LogP contribution in [0.5, 0.6) is 5.75 Å². The van der Waals surface area contributed by atoms with Gasteiger partial charge in [-0.25, -0.2) is 9.59 Å². The van der Waals surface area contributed by atoms with Crippen LogP contribution in [0.2, 0.25) is 0 Å². The molecule has 7 nitrogen and oxygen atoms in total. The van der Waals surface area contributed by atoms with Crippen molar-refractivity contribution in [2.24, 2.45) is 0 Å². The fourth-order valence-electron chi connectivity index (χ4n) is 2.36. The molecule has 1 saturated heterocycles. The fraction of sp³-hybridized carbons (Fsp3) is 0.562. The molecule has 1 amide bonds. The monoisotopic (exact) mass is 322 g/mol. The molecule has 1 aliphatic rings. The van der Waals surface area contributed by atoms with E-state index in [1.165, 1.54) is 4.90 Å². The molecule has 1 aromatic rings. The smallest absolute Gasteiger partial charge is 0.411 e. The Hall–Kier alpha value is -2.31. The number of rotatable bonds is 3. The number of carboxylic acids is 1. The Labute approximate surface area is 135 Å². The number of carbonyl (C=O) groups excluding carboxylic acids is 1. The minimum atomic E-state index is -1.07. The average Bonchev–Trinajstić information content (AvgIpc) is 2.84. The zero-order chi connectivity index (χ0) is 17.2. The van der Waals surface area contributed by atoms with Crippen LogP contribution in [0.25, 0.3) is 0 Å². The van der Waals surface area contributed by atoms with Crippen LogP contribution in [0.1, 0.15) is 32.9 Å². The molecule has 0 bridgehead atoms. The molecular weight excluding hydrogens is 300 g/mol. The molecule has 1 N–H and O–H groups in total. The van der Waals surface area contributed by atoms with Crippen LogP contribution in [-0.2, 0) is 9.53 Å². The van der Waals surface area contributed by atoms with Crippen LogP contribution >= 0.6 is 0 Å². The molecule has 1 aromatic heterocycles. The molecule has 0 unspecified atom stereocenters. The van der Waals surface area contributed by atoms with Crippen LogP contribution < -0.4 is 4.74 Å². The van der Waals surface area contributed by atoms with Crippen LogP contribution in [0.3, 0.4) is 0 Å². The Morgan fingerprint density at radius 3 is 2.57 bits per heavy atom. The summed E-state index contributed by atoms with van der Waals surface area (Å²) in [7, 11) is 0. The summed E-state index contributed by atoms with van der Waals surface area (Å²) in [5.74, 6) is -0.514. The number of aromatic nitrogens is 1. The van der Waals surface area contributed by atoms with E-state index in [1.807, 2.05) is 13.0 Å². The molecule has 0 spiro atoms. The SMILES string of the molecule is Cc1ccc(O[C@@H]2C[C@@H](C(=O)O)N(C(=O)OC(C)(C)C)C2)cn1. The fourth-order valence-corrected chi connectivity index (χ4v) is 2.36. The number of aryl methyl sites for hydroxylation is 1. The molecule has 1 aliphatic heterocycles. The number of ether oxygens (including phenoxy) is 2. The average molecular weight is 322 g/mol. The zero-order valence-electron chi connectivity index (χ0n) is 13.8. The first-order valence-electron chi connectivity index (χ1n) is 7.47. The van der Waals surface area contributed by atoms with Crippen molar-refractivity contribution < 1.29 is 24.2 Å². The summed E-state index contributed by atoms with van der Waals surface area (Å²) in [6.45, 7) is 7.25. The van der Waals surface area contributed by atoms with Crippen molar-refractivity contribution >= 4 is 12.1 Å². The van der Waals surface area contributed by atoms with Crippen molar-refractivity contribution in [1.82, 2.24) is 9.88 Å². The molecule has 23 heavy (non-hydrogen) atoms. The summed E-state index contributed by atoms with van der Waals surface area (Å²) >= 11 is 0. The lowest BCUT2D eigenvalue weighted by Crippen LogP contribution is -2.43. The van der Waals surface area contributed by atoms with E-state index in [-0.39, 0.29) is 13.0 Å². The lowest BCUT2D eigenvalue weighted by Gasteiger charge is -2.26. The molecule has 2 rings (SSSR count). The highest BCUT2D eigenvalue weighted by Gasteiger charge is 2.42. The number of amides is 1. The maximum atomic E-state index is 12.2. The first kappa shape index (κ1) is 17.1. The van der Waals surface area contributed by atoms with Gasteiger partial charge in [0.2, 0.25) is 0 Å². The third kappa shape index (κ3) is 4.58. The number of nitrogens with zero attached hydrogens (tertiary/aromatic N) is 2. The summed E-state index contributed by atoms with van der Waals surface area (Å²) in [4.78, 5) is 28.9. The predicted octanol–water partition coefficient (Wildman–Crippen LogP) is 2.23. The molecule has 0 aliphatic carbocycles. The van der Waals surface area contributed by atoms with E-state index in [0.717, 1.165) is 5.69 Å². The van der Waals surface area contributed by atoms with Gasteiger partial charge in [0.05, 0.1) is 12.7 Å². The molecule has 1 fully saturated rings. The van der Waals surface area contributed by atoms with Crippen molar-refractivity contribution in [1.29, 1.82) is 0 Å². The van der Waals surface area contributed by atoms with Gasteiger partial charge in [0, 0.05) is 12.1 Å². The van der Waals surface area contributed by atoms with E-state index in [1.54, 1.807) is 33.0 Å². The largest absolute Gasteiger partial charge is 0.487 e. The summed E-state index contributed by atoms with van der Waals surface area (Å²) < 4.78 is 11.0. The highest BCUT2D eigenvalue weighted by Crippen LogP contribution is 2.25. The van der Waals surface area contributed by atoms with Crippen LogP contribution in [0.15, 0.2) is 18.3 Å². The van der Waals surface area contributed by atoms with Gasteiger partial charge in [0.1, 0.15) is 23.5 Å². The second-order valence-corrected chi connectivity index (χ2v) is 6.60. The number of hydrogen-bond acceptors (Lipinski definition) is 5. The number of pyridine rings is 1. The molecule has 0 aromatic carbocycles. The van der Waals surface area contributed by atoms with Gasteiger partial charge in [-0.15, -0.1) is 0 Å². The van der Waals surface area contributed by atoms with Crippen molar-refractivity contribution in [3.05, 3.63) is 24.0 Å². The zero-order valence-corrected chi connectivity index (χ0v) is 13.8. The van der Waals surface area contributed by atoms with E-state index in [0.29, 0.717) is 5.75 Å². The summed E-state index contributed by atoms with van der Waals surface area (Å²) in [6, 6.07) is 2.63. The highest BCUT2D eigenvalue weighted by atomic mass is 16.6. The summed E-state index contributed by atoms with van der Waals surface area (Å²) in [6.07, 6.45) is 0.745. The van der Waals surface area contributed by atoms with Gasteiger partial charge in [-0.1, -0.05) is 0 Å². The van der Waals surface area contributed by atoms with Gasteiger partial charge in [-0.3, -0.25) is 9.88 Å². The third-order valence-electron chi connectivity index (χ3n) is 3.36. The van der Waals surface area contributed by atoms with Gasteiger partial charge in [0.15, 0.2) is 0 Å². The summed E-state index contributed by atoms with van der Waals surface area (Å²) in [5, 5.41) is 9.33. The van der Waals surface area contributed by atoms with Gasteiger partial charge >= 0.3 is 12.1 Å². The minimum Gasteiger partial charge on any atom is -0.487 e. The van der Waals surface area contributed by atoms with E-state index in [2.05, 4.69) is 4.98 Å². The first-order valence-corrected chi connectivity index (χ1v) is 7.47. The van der Waals surface area contributed by atoms with Crippen LogP contribution in [0.4, 0.5) is 4.79 Å². The lowest BCUT2D eigenvalue weighted by molar-refractivity contribution is -0.142. The van der Waals surface area contributed by atoms with E-state index >= 15 is 0 Å². The Morgan fingerprint density at radius 1 is 1.35 bits per heavy atom. The first-order chi connectivity index (χ1) is 10.7. The van der Waals surface area contributed by atoms with Gasteiger partial charge in [0.25, 0.3) is 0 Å². The lowest BCUT2D eigenvalue weighted by atomic mass is 10.2. The minimum absolute atomic E-state index is 0.166. The Kier molecular flexibility index (Phi) is 4.77. The highest BCUT2D eigenvalue weighted by molar-refractivity contribution is 5.81. The van der Waals surface area contributed by atoms with Gasteiger partial charge in [-0.2, -0.15) is 0 Å². The molecule has 2 atom stereocenters. The molecule has 0 radical (unpaired) electrons. The number of aliphatic carboxylic acids is 1. The number of carboxylic acid groups (broad SMARTS) is 1. The molecule has 7 heteroatoms. The van der Waals surface area contributed by atoms with Crippen molar-refractivity contribution in [3.8, 4) is 5.75 Å². The summed E-state index contributed by atoms with van der Waals surface area (Å²) in [5.41, 5.74) is 0.183. The van der Waals surface area contributed by atoms with Crippen LogP contribution in [0, 0.1) is 6.92 Å². The second kappa shape index (κ2) is 6.44. The second-order valence-electron chi connectivity index (χ2n) is 6.60. The number of likely N-dealkylation sites (tertiary alicyclic amines) is 1. The van der Waals surface area contributed by atoms with Gasteiger partial charge in [-0.05, 0) is 39.8 Å². The Bertz CT molecular complexity index is 579. The number of carbonyl (C=O) groups is 2. The van der Waals surface area contributed by atoms with Gasteiger partial charge < -0.3 is 14.6 Å². The van der Waals surface area contributed by atoms with E-state index < -0.39 is 29.8 Å². The molecule has 126 valence electrons. The molecule has 2 heterocycles.